The second-order valence-electron chi connectivity index (χ2n) is 7.05. The Bertz CT molecular complexity index is 805. The molecule has 0 aliphatic carbocycles. The van der Waals surface area contributed by atoms with Gasteiger partial charge in [0.2, 0.25) is 0 Å². The molecule has 0 spiro atoms. The van der Waals surface area contributed by atoms with Gasteiger partial charge in [-0.3, -0.25) is 0 Å². The van der Waals surface area contributed by atoms with Crippen LogP contribution in [0.2, 0.25) is 0 Å². The molecule has 0 aromatic heterocycles. The lowest BCUT2D eigenvalue weighted by Crippen LogP contribution is -2.59. The lowest BCUT2D eigenvalue weighted by Gasteiger charge is -2.42. The molecule has 0 unspecified atom stereocenters. The van der Waals surface area contributed by atoms with Crippen LogP contribution in [0.15, 0.2) is 42.5 Å². The van der Waals surface area contributed by atoms with E-state index in [1.807, 2.05) is 37.3 Å². The van der Waals surface area contributed by atoms with E-state index in [1.54, 1.807) is 19.2 Å². The van der Waals surface area contributed by atoms with Gasteiger partial charge in [-0.05, 0) is 47.7 Å². The fraction of sp³-hybridized carbons (Fsp3) is 0.429. The lowest BCUT2D eigenvalue weighted by atomic mass is 9.88. The van der Waals surface area contributed by atoms with Crippen LogP contribution in [0.25, 0.3) is 0 Å². The van der Waals surface area contributed by atoms with Crippen molar-refractivity contribution < 1.29 is 33.6 Å². The van der Waals surface area contributed by atoms with Gasteiger partial charge in [0.25, 0.3) is 0 Å². The monoisotopic (exact) mass is 394 g/mol. The highest BCUT2D eigenvalue weighted by Crippen LogP contribution is 2.41. The van der Waals surface area contributed by atoms with Crippen molar-refractivity contribution in [2.75, 3.05) is 13.7 Å². The molecule has 3 rings (SSSR count). The summed E-state index contributed by atoms with van der Waals surface area (Å²) in [4.78, 5) is 0. The standard InChI is InChI=1S/C21H24F2O5/c1-12-3-6-14(10-15(12)9-13-4-7-16(27-2)8-5-13)19-18(25)20(26)21(22,23)17(11-24)28-19/h3-8,10,17-20,24-26H,9,11H2,1-2H3/t17-,18-,19+,20+/m0/s1. The van der Waals surface area contributed by atoms with Crippen LogP contribution in [-0.4, -0.2) is 53.3 Å². The first kappa shape index (κ1) is 20.7. The summed E-state index contributed by atoms with van der Waals surface area (Å²) in [5.74, 6) is -2.99. The highest BCUT2D eigenvalue weighted by atomic mass is 19.3. The van der Waals surface area contributed by atoms with E-state index in [-0.39, 0.29) is 0 Å². The van der Waals surface area contributed by atoms with Gasteiger partial charge in [-0.15, -0.1) is 0 Å². The van der Waals surface area contributed by atoms with Crippen molar-refractivity contribution >= 4 is 0 Å². The van der Waals surface area contributed by atoms with Gasteiger partial charge < -0.3 is 24.8 Å². The van der Waals surface area contributed by atoms with Gasteiger partial charge in [-0.25, -0.2) is 8.78 Å². The number of aryl methyl sites for hydroxylation is 1. The van der Waals surface area contributed by atoms with E-state index < -0.39 is 36.9 Å². The summed E-state index contributed by atoms with van der Waals surface area (Å²) in [5.41, 5.74) is 3.43. The number of rotatable bonds is 5. The molecular weight excluding hydrogens is 370 g/mol. The van der Waals surface area contributed by atoms with E-state index in [0.29, 0.717) is 12.0 Å². The molecule has 2 aromatic carbocycles. The Balaban J connectivity index is 1.87. The molecule has 0 radical (unpaired) electrons. The maximum Gasteiger partial charge on any atom is 0.303 e. The van der Waals surface area contributed by atoms with Crippen molar-refractivity contribution in [1.29, 1.82) is 0 Å². The Morgan fingerprint density at radius 2 is 1.79 bits per heavy atom. The molecule has 4 atom stereocenters. The van der Waals surface area contributed by atoms with Crippen LogP contribution in [-0.2, 0) is 11.2 Å². The van der Waals surface area contributed by atoms with Crippen LogP contribution in [0.1, 0.15) is 28.4 Å². The van der Waals surface area contributed by atoms with Gasteiger partial charge in [-0.1, -0.05) is 30.3 Å². The lowest BCUT2D eigenvalue weighted by molar-refractivity contribution is -0.296. The normalized spacial score (nSPS) is 26.8. The Morgan fingerprint density at radius 1 is 1.11 bits per heavy atom. The third kappa shape index (κ3) is 3.89. The van der Waals surface area contributed by atoms with Gasteiger partial charge in [0.05, 0.1) is 13.7 Å². The smallest absolute Gasteiger partial charge is 0.303 e. The zero-order valence-electron chi connectivity index (χ0n) is 15.7. The number of hydrogen-bond donors (Lipinski definition) is 3. The number of aliphatic hydroxyl groups is 3. The molecule has 1 saturated heterocycles. The van der Waals surface area contributed by atoms with Gasteiger partial charge >= 0.3 is 5.92 Å². The zero-order valence-corrected chi connectivity index (χ0v) is 15.7. The summed E-state index contributed by atoms with van der Waals surface area (Å²) in [6.07, 6.45) is -6.59. The van der Waals surface area contributed by atoms with Crippen LogP contribution >= 0.6 is 0 Å². The van der Waals surface area contributed by atoms with Crippen molar-refractivity contribution in [2.24, 2.45) is 0 Å². The molecule has 2 aromatic rings. The summed E-state index contributed by atoms with van der Waals surface area (Å²) in [5, 5.41) is 29.3. The molecule has 3 N–H and O–H groups in total. The third-order valence-corrected chi connectivity index (χ3v) is 5.19. The maximum atomic E-state index is 14.0. The van der Waals surface area contributed by atoms with E-state index in [0.717, 1.165) is 22.4 Å². The first-order valence-corrected chi connectivity index (χ1v) is 9.00. The SMILES string of the molecule is COc1ccc(Cc2cc([C@H]3O[C@@H](CO)C(F)(F)[C@H](O)[C@H]3O)ccc2C)cc1. The minimum atomic E-state index is -3.73. The molecular formula is C21H24F2O5. The molecule has 152 valence electrons. The van der Waals surface area contributed by atoms with E-state index in [2.05, 4.69) is 0 Å². The number of benzene rings is 2. The summed E-state index contributed by atoms with van der Waals surface area (Å²) in [6, 6.07) is 12.8. The van der Waals surface area contributed by atoms with Gasteiger partial charge in [0.1, 0.15) is 30.2 Å². The first-order chi connectivity index (χ1) is 13.3. The average molecular weight is 394 g/mol. The number of alkyl halides is 2. The zero-order chi connectivity index (χ0) is 20.5. The van der Waals surface area contributed by atoms with Crippen LogP contribution in [0.5, 0.6) is 5.75 Å². The summed E-state index contributed by atoms with van der Waals surface area (Å²) >= 11 is 0. The Hall–Kier alpha value is -2.06. The van der Waals surface area contributed by atoms with Gasteiger partial charge in [-0.2, -0.15) is 0 Å². The van der Waals surface area contributed by atoms with Crippen LogP contribution in [0.4, 0.5) is 8.78 Å². The average Bonchev–Trinajstić information content (AvgIpc) is 2.69. The number of ether oxygens (including phenoxy) is 2. The topological polar surface area (TPSA) is 79.2 Å². The fourth-order valence-electron chi connectivity index (χ4n) is 3.39. The predicted octanol–water partition coefficient (Wildman–Crippen LogP) is 2.38. The number of halogens is 2. The molecule has 1 heterocycles. The van der Waals surface area contributed by atoms with Gasteiger partial charge in [0.15, 0.2) is 0 Å². The number of aliphatic hydroxyl groups excluding tert-OH is 3. The fourth-order valence-corrected chi connectivity index (χ4v) is 3.39. The minimum Gasteiger partial charge on any atom is -0.497 e. The van der Waals surface area contributed by atoms with Crippen molar-refractivity contribution in [1.82, 2.24) is 0 Å². The highest BCUT2D eigenvalue weighted by Gasteiger charge is 2.57. The molecule has 5 nitrogen and oxygen atoms in total. The molecule has 7 heteroatoms. The highest BCUT2D eigenvalue weighted by molar-refractivity contribution is 5.38. The molecule has 1 fully saturated rings. The van der Waals surface area contributed by atoms with Crippen molar-refractivity contribution in [3.8, 4) is 5.75 Å². The Labute approximate surface area is 162 Å². The summed E-state index contributed by atoms with van der Waals surface area (Å²) in [7, 11) is 1.59. The summed E-state index contributed by atoms with van der Waals surface area (Å²) in [6.45, 7) is 0.970. The third-order valence-electron chi connectivity index (χ3n) is 5.19. The Kier molecular flexibility index (Phi) is 6.00. The number of methoxy groups -OCH3 is 1. The number of hydrogen-bond acceptors (Lipinski definition) is 5. The molecule has 0 bridgehead atoms. The second kappa shape index (κ2) is 8.13. The van der Waals surface area contributed by atoms with E-state index in [4.69, 9.17) is 9.47 Å². The maximum absolute atomic E-state index is 14.0. The van der Waals surface area contributed by atoms with E-state index >= 15 is 0 Å². The van der Waals surface area contributed by atoms with E-state index in [9.17, 15) is 24.1 Å². The van der Waals surface area contributed by atoms with Crippen molar-refractivity contribution in [3.05, 3.63) is 64.7 Å². The first-order valence-electron chi connectivity index (χ1n) is 9.00. The summed E-state index contributed by atoms with van der Waals surface area (Å²) < 4.78 is 38.4. The van der Waals surface area contributed by atoms with Gasteiger partial charge in [0, 0.05) is 0 Å². The van der Waals surface area contributed by atoms with Crippen molar-refractivity contribution in [2.45, 2.75) is 43.7 Å². The molecule has 1 aliphatic heterocycles. The minimum absolute atomic E-state index is 0.467. The van der Waals surface area contributed by atoms with Crippen LogP contribution in [0.3, 0.4) is 0 Å². The second-order valence-corrected chi connectivity index (χ2v) is 7.05. The van der Waals surface area contributed by atoms with Crippen LogP contribution in [0, 0.1) is 6.92 Å². The molecule has 0 saturated carbocycles. The largest absolute Gasteiger partial charge is 0.497 e. The Morgan fingerprint density at radius 3 is 2.39 bits per heavy atom. The molecule has 0 amide bonds. The quantitative estimate of drug-likeness (QED) is 0.726. The predicted molar refractivity (Wildman–Crippen MR) is 98.6 cm³/mol. The molecule has 1 aliphatic rings. The van der Waals surface area contributed by atoms with E-state index in [1.165, 1.54) is 0 Å². The molecule has 28 heavy (non-hydrogen) atoms. The van der Waals surface area contributed by atoms with Crippen LogP contribution < -0.4 is 4.74 Å². The van der Waals surface area contributed by atoms with Crippen molar-refractivity contribution in [3.63, 3.8) is 0 Å².